The van der Waals surface area contributed by atoms with Gasteiger partial charge >= 0.3 is 0 Å². The minimum Gasteiger partial charge on any atom is -0.258 e. The van der Waals surface area contributed by atoms with Gasteiger partial charge in [0, 0.05) is 11.6 Å². The summed E-state index contributed by atoms with van der Waals surface area (Å²) in [5, 5.41) is 11.0. The predicted octanol–water partition coefficient (Wildman–Crippen LogP) is 4.19. The van der Waals surface area contributed by atoms with E-state index in [0.717, 1.165) is 11.1 Å². The van der Waals surface area contributed by atoms with Crippen molar-refractivity contribution in [2.75, 3.05) is 0 Å². The molecule has 0 aliphatic carbocycles. The van der Waals surface area contributed by atoms with Crippen LogP contribution >= 0.6 is 0 Å². The molecule has 3 nitrogen and oxygen atoms in total. The van der Waals surface area contributed by atoms with Crippen molar-refractivity contribution in [1.82, 2.24) is 0 Å². The maximum atomic E-state index is 11.0. The average Bonchev–Trinajstić information content (AvgIpc) is 2.14. The molecule has 0 amide bonds. The molecule has 0 aliphatic rings. The van der Waals surface area contributed by atoms with Gasteiger partial charge in [0.1, 0.15) is 0 Å². The van der Waals surface area contributed by atoms with Crippen LogP contribution in [-0.4, -0.2) is 4.92 Å². The highest BCUT2D eigenvalue weighted by Gasteiger charge is 2.27. The lowest BCUT2D eigenvalue weighted by atomic mass is 9.80. The van der Waals surface area contributed by atoms with Crippen molar-refractivity contribution in [1.29, 1.82) is 0 Å². The normalized spacial score (nSPS) is 12.6. The standard InChI is InChI=1S/C14H21NO2/c1-13(2,3)10-7-8-12(15(16)17)11(9-10)14(4,5)6/h7-9H,1-6H3. The molecule has 0 spiro atoms. The molecule has 0 saturated heterocycles. The van der Waals surface area contributed by atoms with Crippen molar-refractivity contribution in [2.24, 2.45) is 0 Å². The minimum absolute atomic E-state index is 0.00906. The molecule has 94 valence electrons. The summed E-state index contributed by atoms with van der Waals surface area (Å²) in [5.41, 5.74) is 1.94. The molecule has 0 heterocycles. The molecule has 0 fully saturated rings. The van der Waals surface area contributed by atoms with Crippen LogP contribution in [0.5, 0.6) is 0 Å². The molecule has 0 radical (unpaired) electrons. The van der Waals surface area contributed by atoms with E-state index in [1.165, 1.54) is 0 Å². The highest BCUT2D eigenvalue weighted by Crippen LogP contribution is 2.34. The number of rotatable bonds is 1. The van der Waals surface area contributed by atoms with Crippen molar-refractivity contribution >= 4 is 5.69 Å². The zero-order chi connectivity index (χ0) is 13.4. The van der Waals surface area contributed by atoms with Crippen LogP contribution in [0.4, 0.5) is 5.69 Å². The van der Waals surface area contributed by atoms with Gasteiger partial charge in [0.2, 0.25) is 0 Å². The second-order valence-electron chi connectivity index (χ2n) is 6.49. The van der Waals surface area contributed by atoms with E-state index >= 15 is 0 Å². The van der Waals surface area contributed by atoms with E-state index in [1.807, 2.05) is 32.9 Å². The van der Waals surface area contributed by atoms with Crippen LogP contribution in [-0.2, 0) is 10.8 Å². The number of hydrogen-bond donors (Lipinski definition) is 0. The molecule has 0 atom stereocenters. The quantitative estimate of drug-likeness (QED) is 0.541. The van der Waals surface area contributed by atoms with Crippen LogP contribution in [0.2, 0.25) is 0 Å². The summed E-state index contributed by atoms with van der Waals surface area (Å²) in [7, 11) is 0. The second kappa shape index (κ2) is 4.13. The van der Waals surface area contributed by atoms with Crippen LogP contribution in [0.3, 0.4) is 0 Å². The van der Waals surface area contributed by atoms with Crippen LogP contribution in [0.15, 0.2) is 18.2 Å². The van der Waals surface area contributed by atoms with E-state index in [4.69, 9.17) is 0 Å². The van der Waals surface area contributed by atoms with Crippen molar-refractivity contribution in [3.05, 3.63) is 39.4 Å². The topological polar surface area (TPSA) is 43.1 Å². The van der Waals surface area contributed by atoms with Crippen LogP contribution in [0, 0.1) is 10.1 Å². The summed E-state index contributed by atoms with van der Waals surface area (Å²) >= 11 is 0. The van der Waals surface area contributed by atoms with Gasteiger partial charge in [0.25, 0.3) is 5.69 Å². The van der Waals surface area contributed by atoms with Crippen molar-refractivity contribution < 1.29 is 4.92 Å². The van der Waals surface area contributed by atoms with E-state index in [2.05, 4.69) is 20.8 Å². The third kappa shape index (κ3) is 3.05. The fourth-order valence-electron chi connectivity index (χ4n) is 1.76. The van der Waals surface area contributed by atoms with Crippen LogP contribution in [0.1, 0.15) is 52.7 Å². The third-order valence-electron chi connectivity index (χ3n) is 2.87. The first kappa shape index (κ1) is 13.7. The fraction of sp³-hybridized carbons (Fsp3) is 0.571. The van der Waals surface area contributed by atoms with Gasteiger partial charge < -0.3 is 0 Å². The minimum atomic E-state index is -0.299. The molecular formula is C14H21NO2. The van der Waals surface area contributed by atoms with Gasteiger partial charge in [0.15, 0.2) is 0 Å². The summed E-state index contributed by atoms with van der Waals surface area (Å²) in [5.74, 6) is 0. The molecular weight excluding hydrogens is 214 g/mol. The Hall–Kier alpha value is -1.38. The number of benzene rings is 1. The number of nitro groups is 1. The summed E-state index contributed by atoms with van der Waals surface area (Å²) < 4.78 is 0. The third-order valence-corrected chi connectivity index (χ3v) is 2.87. The van der Waals surface area contributed by atoms with Gasteiger partial charge in [0.05, 0.1) is 4.92 Å². The molecule has 1 aromatic rings. The molecule has 0 unspecified atom stereocenters. The Bertz CT molecular complexity index is 437. The van der Waals surface area contributed by atoms with Crippen molar-refractivity contribution in [2.45, 2.75) is 52.4 Å². The number of nitro benzene ring substituents is 1. The molecule has 0 bridgehead atoms. The molecule has 0 saturated carbocycles. The zero-order valence-corrected chi connectivity index (χ0v) is 11.5. The second-order valence-corrected chi connectivity index (χ2v) is 6.49. The predicted molar refractivity (Wildman–Crippen MR) is 70.5 cm³/mol. The van der Waals surface area contributed by atoms with Crippen LogP contribution < -0.4 is 0 Å². The highest BCUT2D eigenvalue weighted by atomic mass is 16.6. The monoisotopic (exact) mass is 235 g/mol. The van der Waals surface area contributed by atoms with E-state index in [0.29, 0.717) is 0 Å². The van der Waals surface area contributed by atoms with E-state index < -0.39 is 0 Å². The number of nitrogens with zero attached hydrogens (tertiary/aromatic N) is 1. The van der Waals surface area contributed by atoms with Crippen molar-refractivity contribution in [3.8, 4) is 0 Å². The highest BCUT2D eigenvalue weighted by molar-refractivity contribution is 5.48. The lowest BCUT2D eigenvalue weighted by molar-refractivity contribution is -0.386. The van der Waals surface area contributed by atoms with Crippen molar-refractivity contribution in [3.63, 3.8) is 0 Å². The molecule has 3 heteroatoms. The Kier molecular flexibility index (Phi) is 3.33. The van der Waals surface area contributed by atoms with Gasteiger partial charge in [-0.05, 0) is 22.5 Å². The van der Waals surface area contributed by atoms with Crippen LogP contribution in [0.25, 0.3) is 0 Å². The Morgan fingerprint density at radius 1 is 1.00 bits per heavy atom. The van der Waals surface area contributed by atoms with E-state index in [9.17, 15) is 10.1 Å². The van der Waals surface area contributed by atoms with Gasteiger partial charge in [-0.2, -0.15) is 0 Å². The average molecular weight is 235 g/mol. The lowest BCUT2D eigenvalue weighted by Gasteiger charge is -2.24. The molecule has 0 aliphatic heterocycles. The largest absolute Gasteiger partial charge is 0.273 e. The Labute approximate surface area is 103 Å². The molecule has 0 aromatic heterocycles. The number of hydrogen-bond acceptors (Lipinski definition) is 2. The fourth-order valence-corrected chi connectivity index (χ4v) is 1.76. The first-order valence-electron chi connectivity index (χ1n) is 5.83. The summed E-state index contributed by atoms with van der Waals surface area (Å²) in [6.07, 6.45) is 0. The summed E-state index contributed by atoms with van der Waals surface area (Å²) in [4.78, 5) is 10.7. The van der Waals surface area contributed by atoms with Gasteiger partial charge in [-0.25, -0.2) is 0 Å². The van der Waals surface area contributed by atoms with Gasteiger partial charge in [-0.3, -0.25) is 10.1 Å². The molecule has 1 rings (SSSR count). The van der Waals surface area contributed by atoms with E-state index in [1.54, 1.807) is 6.07 Å². The van der Waals surface area contributed by atoms with Gasteiger partial charge in [-0.1, -0.05) is 47.6 Å². The smallest absolute Gasteiger partial charge is 0.258 e. The Morgan fingerprint density at radius 2 is 1.53 bits per heavy atom. The molecule has 17 heavy (non-hydrogen) atoms. The summed E-state index contributed by atoms with van der Waals surface area (Å²) in [6, 6.07) is 5.45. The summed E-state index contributed by atoms with van der Waals surface area (Å²) in [6.45, 7) is 12.3. The molecule has 1 aromatic carbocycles. The SMILES string of the molecule is CC(C)(C)c1ccc([N+](=O)[O-])c(C(C)(C)C)c1. The first-order valence-corrected chi connectivity index (χ1v) is 5.83. The maximum Gasteiger partial charge on any atom is 0.273 e. The molecule has 0 N–H and O–H groups in total. The first-order chi connectivity index (χ1) is 7.53. The van der Waals surface area contributed by atoms with E-state index in [-0.39, 0.29) is 21.4 Å². The Morgan fingerprint density at radius 3 is 1.88 bits per heavy atom. The maximum absolute atomic E-state index is 11.0. The Balaban J connectivity index is 3.46. The van der Waals surface area contributed by atoms with Gasteiger partial charge in [-0.15, -0.1) is 0 Å². The zero-order valence-electron chi connectivity index (χ0n) is 11.5. The lowest BCUT2D eigenvalue weighted by Crippen LogP contribution is -2.17.